The molecule has 2 N–H and O–H groups in total. The zero-order valence-electron chi connectivity index (χ0n) is 11.3. The molecule has 0 saturated heterocycles. The topological polar surface area (TPSA) is 41.1 Å². The Morgan fingerprint density at radius 3 is 2.45 bits per heavy atom. The largest absolute Gasteiger partial charge is 0.381 e. The number of nitrogens with one attached hydrogen (secondary N) is 2. The quantitative estimate of drug-likeness (QED) is 0.887. The van der Waals surface area contributed by atoms with Crippen LogP contribution in [-0.2, 0) is 17.8 Å². The standard InChI is InChI=1S/C16H17ClN2O/c1-18-16(20)10-12-6-8-14(9-7-12)19-11-13-4-2-3-5-15(13)17/h2-9,19H,10-11H2,1H3,(H,18,20). The SMILES string of the molecule is CNC(=O)Cc1ccc(NCc2ccccc2Cl)cc1. The summed E-state index contributed by atoms with van der Waals surface area (Å²) in [6, 6.07) is 15.6. The molecule has 0 fully saturated rings. The van der Waals surface area contributed by atoms with Crippen molar-refractivity contribution in [1.29, 1.82) is 0 Å². The fourth-order valence-corrected chi connectivity index (χ4v) is 2.06. The second-order valence-corrected chi connectivity index (χ2v) is 4.90. The molecule has 0 spiro atoms. The zero-order chi connectivity index (χ0) is 14.4. The van der Waals surface area contributed by atoms with E-state index in [1.54, 1.807) is 7.05 Å². The van der Waals surface area contributed by atoms with Crippen LogP contribution >= 0.6 is 11.6 Å². The molecule has 2 rings (SSSR count). The molecule has 0 unspecified atom stereocenters. The Kier molecular flexibility index (Phi) is 5.02. The van der Waals surface area contributed by atoms with Gasteiger partial charge in [-0.15, -0.1) is 0 Å². The predicted octanol–water partition coefficient (Wildman–Crippen LogP) is 3.24. The smallest absolute Gasteiger partial charge is 0.224 e. The lowest BCUT2D eigenvalue weighted by Crippen LogP contribution is -2.19. The van der Waals surface area contributed by atoms with Gasteiger partial charge in [0.25, 0.3) is 0 Å². The highest BCUT2D eigenvalue weighted by Crippen LogP contribution is 2.17. The van der Waals surface area contributed by atoms with Crippen LogP contribution in [0.3, 0.4) is 0 Å². The maximum atomic E-state index is 11.3. The summed E-state index contributed by atoms with van der Waals surface area (Å²) in [4.78, 5) is 11.3. The first-order chi connectivity index (χ1) is 9.69. The second kappa shape index (κ2) is 6.96. The van der Waals surface area contributed by atoms with Crippen molar-refractivity contribution >= 4 is 23.2 Å². The van der Waals surface area contributed by atoms with Gasteiger partial charge in [-0.05, 0) is 29.3 Å². The van der Waals surface area contributed by atoms with Gasteiger partial charge in [-0.25, -0.2) is 0 Å². The van der Waals surface area contributed by atoms with E-state index in [1.165, 1.54) is 0 Å². The van der Waals surface area contributed by atoms with Crippen LogP contribution in [0, 0.1) is 0 Å². The molecule has 0 atom stereocenters. The van der Waals surface area contributed by atoms with E-state index in [9.17, 15) is 4.79 Å². The molecule has 3 nitrogen and oxygen atoms in total. The molecule has 20 heavy (non-hydrogen) atoms. The fraction of sp³-hybridized carbons (Fsp3) is 0.188. The summed E-state index contributed by atoms with van der Waals surface area (Å²) >= 11 is 6.10. The van der Waals surface area contributed by atoms with Gasteiger partial charge in [-0.3, -0.25) is 4.79 Å². The number of carbonyl (C=O) groups is 1. The summed E-state index contributed by atoms with van der Waals surface area (Å²) in [6.07, 6.45) is 0.404. The number of carbonyl (C=O) groups excluding carboxylic acids is 1. The normalized spacial score (nSPS) is 10.1. The summed E-state index contributed by atoms with van der Waals surface area (Å²) in [5.74, 6) is 0.0155. The third-order valence-electron chi connectivity index (χ3n) is 3.04. The van der Waals surface area contributed by atoms with Gasteiger partial charge in [0, 0.05) is 24.3 Å². The molecule has 2 aromatic rings. The first kappa shape index (κ1) is 14.4. The van der Waals surface area contributed by atoms with Gasteiger partial charge in [-0.2, -0.15) is 0 Å². The van der Waals surface area contributed by atoms with E-state index in [0.29, 0.717) is 13.0 Å². The molecule has 0 radical (unpaired) electrons. The van der Waals surface area contributed by atoms with Crippen molar-refractivity contribution in [3.8, 4) is 0 Å². The van der Waals surface area contributed by atoms with Crippen molar-refractivity contribution < 1.29 is 4.79 Å². The minimum Gasteiger partial charge on any atom is -0.381 e. The molecule has 0 aliphatic carbocycles. The summed E-state index contributed by atoms with van der Waals surface area (Å²) in [6.45, 7) is 0.675. The van der Waals surface area contributed by atoms with Gasteiger partial charge >= 0.3 is 0 Å². The molecule has 0 aliphatic rings. The fourth-order valence-electron chi connectivity index (χ4n) is 1.85. The van der Waals surface area contributed by atoms with Crippen molar-refractivity contribution in [2.45, 2.75) is 13.0 Å². The molecule has 0 saturated carbocycles. The molecule has 4 heteroatoms. The van der Waals surface area contributed by atoms with Gasteiger partial charge in [0.15, 0.2) is 0 Å². The molecular formula is C16H17ClN2O. The summed E-state index contributed by atoms with van der Waals surface area (Å²) in [7, 11) is 1.64. The van der Waals surface area contributed by atoms with Crippen LogP contribution in [0.1, 0.15) is 11.1 Å². The van der Waals surface area contributed by atoms with Crippen LogP contribution < -0.4 is 10.6 Å². The van der Waals surface area contributed by atoms with Gasteiger partial charge in [0.05, 0.1) is 6.42 Å². The first-order valence-electron chi connectivity index (χ1n) is 6.46. The maximum Gasteiger partial charge on any atom is 0.224 e. The summed E-state index contributed by atoms with van der Waals surface area (Å²) in [5.41, 5.74) is 3.06. The number of hydrogen-bond donors (Lipinski definition) is 2. The Morgan fingerprint density at radius 1 is 1.10 bits per heavy atom. The molecule has 0 heterocycles. The van der Waals surface area contributed by atoms with Crippen LogP contribution in [-0.4, -0.2) is 13.0 Å². The lowest BCUT2D eigenvalue weighted by molar-refractivity contribution is -0.119. The minimum absolute atomic E-state index is 0.0155. The maximum absolute atomic E-state index is 11.3. The molecule has 0 aliphatic heterocycles. The van der Waals surface area contributed by atoms with E-state index < -0.39 is 0 Å². The number of rotatable bonds is 5. The van der Waals surface area contributed by atoms with Crippen molar-refractivity contribution in [3.05, 3.63) is 64.7 Å². The van der Waals surface area contributed by atoms with Crippen molar-refractivity contribution in [2.75, 3.05) is 12.4 Å². The van der Waals surface area contributed by atoms with E-state index >= 15 is 0 Å². The van der Waals surface area contributed by atoms with Crippen LogP contribution in [0.4, 0.5) is 5.69 Å². The molecule has 0 bridgehead atoms. The van der Waals surface area contributed by atoms with Crippen molar-refractivity contribution in [3.63, 3.8) is 0 Å². The van der Waals surface area contributed by atoms with Crippen LogP contribution in [0.5, 0.6) is 0 Å². The average Bonchev–Trinajstić information content (AvgIpc) is 2.48. The Labute approximate surface area is 124 Å². The molecule has 0 aromatic heterocycles. The zero-order valence-corrected chi connectivity index (χ0v) is 12.1. The monoisotopic (exact) mass is 288 g/mol. The predicted molar refractivity (Wildman–Crippen MR) is 83.0 cm³/mol. The molecule has 1 amide bonds. The molecule has 2 aromatic carbocycles. The first-order valence-corrected chi connectivity index (χ1v) is 6.83. The Morgan fingerprint density at radius 2 is 1.80 bits per heavy atom. The van der Waals surface area contributed by atoms with Crippen molar-refractivity contribution in [1.82, 2.24) is 5.32 Å². The van der Waals surface area contributed by atoms with Gasteiger partial charge in [0.2, 0.25) is 5.91 Å². The number of anilines is 1. The molecule has 104 valence electrons. The van der Waals surface area contributed by atoms with Gasteiger partial charge < -0.3 is 10.6 Å². The van der Waals surface area contributed by atoms with E-state index in [1.807, 2.05) is 48.5 Å². The third kappa shape index (κ3) is 4.00. The lowest BCUT2D eigenvalue weighted by atomic mass is 10.1. The van der Waals surface area contributed by atoms with Crippen LogP contribution in [0.25, 0.3) is 0 Å². The number of halogens is 1. The van der Waals surface area contributed by atoms with E-state index in [0.717, 1.165) is 21.8 Å². The van der Waals surface area contributed by atoms with Gasteiger partial charge in [-0.1, -0.05) is 41.9 Å². The highest BCUT2D eigenvalue weighted by atomic mass is 35.5. The molecular weight excluding hydrogens is 272 g/mol. The Balaban J connectivity index is 1.94. The lowest BCUT2D eigenvalue weighted by Gasteiger charge is -2.09. The number of likely N-dealkylation sites (N-methyl/N-ethyl adjacent to an activating group) is 1. The highest BCUT2D eigenvalue weighted by Gasteiger charge is 2.02. The van der Waals surface area contributed by atoms with E-state index in [4.69, 9.17) is 11.6 Å². The number of benzene rings is 2. The highest BCUT2D eigenvalue weighted by molar-refractivity contribution is 6.31. The Bertz CT molecular complexity index is 581. The number of amides is 1. The van der Waals surface area contributed by atoms with Crippen molar-refractivity contribution in [2.24, 2.45) is 0 Å². The summed E-state index contributed by atoms with van der Waals surface area (Å²) in [5, 5.41) is 6.68. The second-order valence-electron chi connectivity index (χ2n) is 4.49. The number of hydrogen-bond acceptors (Lipinski definition) is 2. The van der Waals surface area contributed by atoms with Gasteiger partial charge in [0.1, 0.15) is 0 Å². The van der Waals surface area contributed by atoms with Crippen LogP contribution in [0.2, 0.25) is 5.02 Å². The average molecular weight is 289 g/mol. The minimum atomic E-state index is 0.0155. The van der Waals surface area contributed by atoms with E-state index in [-0.39, 0.29) is 5.91 Å². The summed E-state index contributed by atoms with van der Waals surface area (Å²) < 4.78 is 0. The van der Waals surface area contributed by atoms with E-state index in [2.05, 4.69) is 10.6 Å². The van der Waals surface area contributed by atoms with Crippen LogP contribution in [0.15, 0.2) is 48.5 Å². The third-order valence-corrected chi connectivity index (χ3v) is 3.41. The Hall–Kier alpha value is -2.00.